The molecule has 1 aromatic heterocycles. The van der Waals surface area contributed by atoms with Crippen molar-refractivity contribution < 1.29 is 0 Å². The third-order valence-electron chi connectivity index (χ3n) is 4.48. The highest BCUT2D eigenvalue weighted by Crippen LogP contribution is 2.30. The molecule has 0 fully saturated rings. The highest BCUT2D eigenvalue weighted by Gasteiger charge is 2.05. The van der Waals surface area contributed by atoms with Gasteiger partial charge in [-0.2, -0.15) is 0 Å². The smallest absolute Gasteiger partial charge is 0.0361 e. The van der Waals surface area contributed by atoms with Crippen LogP contribution in [-0.2, 0) is 0 Å². The zero-order chi connectivity index (χ0) is 16.5. The van der Waals surface area contributed by atoms with Gasteiger partial charge in [-0.15, -0.1) is 11.3 Å². The lowest BCUT2D eigenvalue weighted by molar-refractivity contribution is 0.421. The summed E-state index contributed by atoms with van der Waals surface area (Å²) in [5.41, 5.74) is 0. The summed E-state index contributed by atoms with van der Waals surface area (Å²) in [4.78, 5) is 2.24. The lowest BCUT2D eigenvalue weighted by Gasteiger charge is -2.06. The first-order chi connectivity index (χ1) is 11.7. The predicted molar refractivity (Wildman–Crippen MR) is 109 cm³/mol. The van der Waals surface area contributed by atoms with Crippen LogP contribution in [0.1, 0.15) is 6.42 Å². The van der Waals surface area contributed by atoms with Crippen molar-refractivity contribution in [3.8, 4) is 0 Å². The van der Waals surface area contributed by atoms with Gasteiger partial charge in [-0.3, -0.25) is 0 Å². The van der Waals surface area contributed by atoms with E-state index in [2.05, 4.69) is 85.7 Å². The molecule has 0 saturated heterocycles. The van der Waals surface area contributed by atoms with Gasteiger partial charge in [-0.25, -0.2) is 0 Å². The van der Waals surface area contributed by atoms with Crippen molar-refractivity contribution >= 4 is 48.4 Å². The summed E-state index contributed by atoms with van der Waals surface area (Å²) < 4.78 is 2.70. The lowest BCUT2D eigenvalue weighted by atomic mass is 10.0. The SMILES string of the molecule is CN(C)CC/C=c1/c2ccccc2sc2cccc3cccc1c32. The fraction of sp³-hybridized carbons (Fsp3) is 0.182. The molecule has 1 heterocycles. The maximum atomic E-state index is 2.41. The average Bonchev–Trinajstić information content (AvgIpc) is 2.72. The van der Waals surface area contributed by atoms with E-state index in [1.807, 2.05) is 11.3 Å². The summed E-state index contributed by atoms with van der Waals surface area (Å²) in [7, 11) is 4.26. The Bertz CT molecular complexity index is 1080. The van der Waals surface area contributed by atoms with Crippen molar-refractivity contribution in [1.29, 1.82) is 0 Å². The van der Waals surface area contributed by atoms with E-state index in [0.717, 1.165) is 13.0 Å². The Morgan fingerprint density at radius 1 is 0.833 bits per heavy atom. The van der Waals surface area contributed by atoms with Crippen LogP contribution in [-0.4, -0.2) is 25.5 Å². The number of hydrogen-bond acceptors (Lipinski definition) is 2. The summed E-state index contributed by atoms with van der Waals surface area (Å²) in [6.07, 6.45) is 3.47. The molecular weight excluding hydrogens is 310 g/mol. The second-order valence-electron chi connectivity index (χ2n) is 6.47. The van der Waals surface area contributed by atoms with Gasteiger partial charge in [0.05, 0.1) is 0 Å². The van der Waals surface area contributed by atoms with Gasteiger partial charge < -0.3 is 4.90 Å². The molecule has 3 aromatic carbocycles. The topological polar surface area (TPSA) is 3.24 Å². The molecule has 2 heteroatoms. The van der Waals surface area contributed by atoms with Crippen LogP contribution in [0.3, 0.4) is 0 Å². The van der Waals surface area contributed by atoms with Crippen molar-refractivity contribution in [2.45, 2.75) is 6.42 Å². The Morgan fingerprint density at radius 2 is 1.54 bits per heavy atom. The van der Waals surface area contributed by atoms with Crippen molar-refractivity contribution in [2.75, 3.05) is 20.6 Å². The first-order valence-corrected chi connectivity index (χ1v) is 9.20. The lowest BCUT2D eigenvalue weighted by Crippen LogP contribution is -2.13. The van der Waals surface area contributed by atoms with Gasteiger partial charge >= 0.3 is 0 Å². The van der Waals surface area contributed by atoms with E-state index < -0.39 is 0 Å². The highest BCUT2D eigenvalue weighted by atomic mass is 32.1. The van der Waals surface area contributed by atoms with Gasteiger partial charge in [0.15, 0.2) is 0 Å². The monoisotopic (exact) mass is 331 g/mol. The number of hydrogen-bond donors (Lipinski definition) is 0. The predicted octanol–water partition coefficient (Wildman–Crippen LogP) is 5.22. The van der Waals surface area contributed by atoms with Crippen LogP contribution in [0.4, 0.5) is 0 Å². The van der Waals surface area contributed by atoms with Crippen LogP contribution >= 0.6 is 11.3 Å². The Morgan fingerprint density at radius 3 is 2.38 bits per heavy atom. The van der Waals surface area contributed by atoms with Gasteiger partial charge in [0.2, 0.25) is 0 Å². The molecule has 4 rings (SSSR count). The minimum Gasteiger partial charge on any atom is -0.309 e. The second-order valence-corrected chi connectivity index (χ2v) is 7.55. The maximum Gasteiger partial charge on any atom is 0.0361 e. The van der Waals surface area contributed by atoms with Gasteiger partial charge in [-0.05, 0) is 54.0 Å². The molecule has 0 spiro atoms. The molecule has 120 valence electrons. The molecule has 0 aliphatic carbocycles. The third-order valence-corrected chi connectivity index (χ3v) is 5.61. The van der Waals surface area contributed by atoms with Gasteiger partial charge in [0, 0.05) is 21.3 Å². The van der Waals surface area contributed by atoms with E-state index in [4.69, 9.17) is 0 Å². The van der Waals surface area contributed by atoms with E-state index >= 15 is 0 Å². The largest absolute Gasteiger partial charge is 0.309 e. The molecule has 0 bridgehead atoms. The summed E-state index contributed by atoms with van der Waals surface area (Å²) in [5, 5.41) is 6.79. The molecule has 0 N–H and O–H groups in total. The minimum absolute atomic E-state index is 1.06. The van der Waals surface area contributed by atoms with Gasteiger partial charge in [0.1, 0.15) is 0 Å². The number of nitrogens with zero attached hydrogens (tertiary/aromatic N) is 1. The van der Waals surface area contributed by atoms with Gasteiger partial charge in [0.25, 0.3) is 0 Å². The third kappa shape index (κ3) is 2.72. The zero-order valence-electron chi connectivity index (χ0n) is 14.1. The van der Waals surface area contributed by atoms with E-state index in [0.29, 0.717) is 0 Å². The van der Waals surface area contributed by atoms with Crippen LogP contribution in [0.15, 0.2) is 60.7 Å². The van der Waals surface area contributed by atoms with E-state index in [-0.39, 0.29) is 0 Å². The summed E-state index contributed by atoms with van der Waals surface area (Å²) >= 11 is 1.89. The molecular formula is C22H21NS. The molecule has 0 atom stereocenters. The number of fused-ring (bicyclic) bond motifs is 1. The molecule has 0 unspecified atom stereocenters. The second kappa shape index (κ2) is 6.39. The molecule has 0 amide bonds. The molecule has 4 aromatic rings. The average molecular weight is 331 g/mol. The fourth-order valence-corrected chi connectivity index (χ4v) is 4.49. The standard InChI is InChI=1S/C22H21NS/c1-23(2)15-7-12-17-18-10-3-4-13-20(18)24-21-14-6-9-16-8-5-11-19(17)22(16)21/h3-6,8-14H,7,15H2,1-2H3/b17-12-. The van der Waals surface area contributed by atoms with Gasteiger partial charge in [-0.1, -0.05) is 54.6 Å². The van der Waals surface area contributed by atoms with Crippen molar-refractivity contribution in [3.05, 3.63) is 65.9 Å². The first-order valence-electron chi connectivity index (χ1n) is 8.38. The molecule has 0 aliphatic rings. The number of benzene rings is 3. The molecule has 24 heavy (non-hydrogen) atoms. The Labute approximate surface area is 146 Å². The molecule has 1 nitrogen and oxygen atoms in total. The summed E-state index contributed by atoms with van der Waals surface area (Å²) in [6.45, 7) is 1.07. The first kappa shape index (κ1) is 15.4. The summed E-state index contributed by atoms with van der Waals surface area (Å²) in [5.74, 6) is 0. The quantitative estimate of drug-likeness (QED) is 0.497. The Hall–Kier alpha value is -2.16. The zero-order valence-corrected chi connectivity index (χ0v) is 14.9. The Kier molecular flexibility index (Phi) is 4.09. The van der Waals surface area contributed by atoms with Crippen LogP contribution in [0, 0.1) is 0 Å². The molecule has 0 saturated carbocycles. The van der Waals surface area contributed by atoms with Crippen LogP contribution < -0.4 is 5.22 Å². The van der Waals surface area contributed by atoms with E-state index in [1.165, 1.54) is 36.2 Å². The van der Waals surface area contributed by atoms with Crippen molar-refractivity contribution in [1.82, 2.24) is 4.90 Å². The van der Waals surface area contributed by atoms with E-state index in [1.54, 1.807) is 0 Å². The van der Waals surface area contributed by atoms with E-state index in [9.17, 15) is 0 Å². The number of rotatable bonds is 3. The normalized spacial score (nSPS) is 12.7. The highest BCUT2D eigenvalue weighted by molar-refractivity contribution is 7.24. The Balaban J connectivity index is 2.19. The molecule has 0 radical (unpaired) electrons. The van der Waals surface area contributed by atoms with Crippen LogP contribution in [0.5, 0.6) is 0 Å². The minimum atomic E-state index is 1.06. The maximum absolute atomic E-state index is 2.41. The van der Waals surface area contributed by atoms with Crippen LogP contribution in [0.2, 0.25) is 0 Å². The van der Waals surface area contributed by atoms with Crippen molar-refractivity contribution in [3.63, 3.8) is 0 Å². The van der Waals surface area contributed by atoms with Crippen LogP contribution in [0.25, 0.3) is 37.0 Å². The van der Waals surface area contributed by atoms with Crippen molar-refractivity contribution in [2.24, 2.45) is 0 Å². The fourth-order valence-electron chi connectivity index (χ4n) is 3.34. The summed E-state index contributed by atoms with van der Waals surface area (Å²) in [6, 6.07) is 22.1. The molecule has 0 aliphatic heterocycles.